The fraction of sp³-hybridized carbons (Fsp3) is 0.0769. The molecule has 1 unspecified atom stereocenters. The second-order valence-electron chi connectivity index (χ2n) is 3.97. The summed E-state index contributed by atoms with van der Waals surface area (Å²) in [6, 6.07) is 9.73. The molecule has 0 aliphatic rings. The first-order chi connectivity index (χ1) is 9.01. The fourth-order valence-electron chi connectivity index (χ4n) is 1.84. The lowest BCUT2D eigenvalue weighted by molar-refractivity contribution is 0.560. The lowest BCUT2D eigenvalue weighted by Crippen LogP contribution is -2.29. The number of hydrazine groups is 1. The molecule has 3 N–H and O–H groups in total. The van der Waals surface area contributed by atoms with E-state index in [0.29, 0.717) is 10.6 Å². The van der Waals surface area contributed by atoms with Gasteiger partial charge in [0.25, 0.3) is 0 Å². The Hall–Kier alpha value is -0.460. The average Bonchev–Trinajstić information content (AvgIpc) is 2.31. The van der Waals surface area contributed by atoms with Crippen molar-refractivity contribution >= 4 is 43.5 Å². The summed E-state index contributed by atoms with van der Waals surface area (Å²) < 4.78 is 15.7. The van der Waals surface area contributed by atoms with Crippen molar-refractivity contribution in [3.05, 3.63) is 67.3 Å². The molecular formula is C13H10Br2ClFN2. The van der Waals surface area contributed by atoms with Crippen LogP contribution in [0.15, 0.2) is 45.3 Å². The third kappa shape index (κ3) is 3.55. The third-order valence-corrected chi connectivity index (χ3v) is 3.81. The fourth-order valence-corrected chi connectivity index (χ4v) is 3.33. The maximum atomic E-state index is 14.0. The second kappa shape index (κ2) is 6.33. The molecule has 0 aliphatic carbocycles. The Morgan fingerprint density at radius 2 is 1.74 bits per heavy atom. The summed E-state index contributed by atoms with van der Waals surface area (Å²) in [5.41, 5.74) is 3.90. The van der Waals surface area contributed by atoms with Gasteiger partial charge in [0.1, 0.15) is 5.82 Å². The van der Waals surface area contributed by atoms with Gasteiger partial charge in [-0.15, -0.1) is 0 Å². The van der Waals surface area contributed by atoms with Crippen molar-refractivity contribution in [2.24, 2.45) is 5.84 Å². The predicted octanol–water partition coefficient (Wildman–Crippen LogP) is 4.56. The van der Waals surface area contributed by atoms with Crippen molar-refractivity contribution in [3.63, 3.8) is 0 Å². The Bertz CT molecular complexity index is 587. The van der Waals surface area contributed by atoms with Crippen LogP contribution in [0.5, 0.6) is 0 Å². The van der Waals surface area contributed by atoms with E-state index < -0.39 is 11.9 Å². The van der Waals surface area contributed by atoms with Crippen molar-refractivity contribution < 1.29 is 4.39 Å². The quantitative estimate of drug-likeness (QED) is 0.577. The zero-order valence-corrected chi connectivity index (χ0v) is 13.6. The molecular weight excluding hydrogens is 398 g/mol. The summed E-state index contributed by atoms with van der Waals surface area (Å²) in [4.78, 5) is 0. The van der Waals surface area contributed by atoms with Gasteiger partial charge >= 0.3 is 0 Å². The predicted molar refractivity (Wildman–Crippen MR) is 82.4 cm³/mol. The van der Waals surface area contributed by atoms with Gasteiger partial charge in [-0.2, -0.15) is 0 Å². The topological polar surface area (TPSA) is 38.0 Å². The molecule has 1 atom stereocenters. The highest BCUT2D eigenvalue weighted by Crippen LogP contribution is 2.30. The number of nitrogens with two attached hydrogens (primary N) is 1. The molecule has 0 saturated carbocycles. The monoisotopic (exact) mass is 406 g/mol. The van der Waals surface area contributed by atoms with E-state index in [2.05, 4.69) is 37.3 Å². The average molecular weight is 408 g/mol. The number of rotatable bonds is 3. The molecule has 0 radical (unpaired) electrons. The molecule has 6 heteroatoms. The van der Waals surface area contributed by atoms with Crippen LogP contribution in [0, 0.1) is 5.82 Å². The first-order valence-corrected chi connectivity index (χ1v) is 7.34. The van der Waals surface area contributed by atoms with Crippen LogP contribution in [0.2, 0.25) is 5.02 Å². The van der Waals surface area contributed by atoms with E-state index in [1.54, 1.807) is 12.1 Å². The van der Waals surface area contributed by atoms with Gasteiger partial charge in [-0.25, -0.2) is 9.82 Å². The van der Waals surface area contributed by atoms with Crippen LogP contribution in [0.3, 0.4) is 0 Å². The molecule has 2 aromatic rings. The van der Waals surface area contributed by atoms with Gasteiger partial charge in [0.2, 0.25) is 0 Å². The van der Waals surface area contributed by atoms with Crippen LogP contribution < -0.4 is 11.3 Å². The van der Waals surface area contributed by atoms with Gasteiger partial charge in [-0.3, -0.25) is 5.84 Å². The molecule has 0 bridgehead atoms. The van der Waals surface area contributed by atoms with E-state index >= 15 is 0 Å². The minimum Gasteiger partial charge on any atom is -0.271 e. The minimum absolute atomic E-state index is 0.354. The van der Waals surface area contributed by atoms with Crippen molar-refractivity contribution in [3.8, 4) is 0 Å². The summed E-state index contributed by atoms with van der Waals surface area (Å²) in [7, 11) is 0. The van der Waals surface area contributed by atoms with Gasteiger partial charge in [0, 0.05) is 19.5 Å². The number of nitrogens with one attached hydrogen (secondary N) is 1. The molecule has 2 aromatic carbocycles. The van der Waals surface area contributed by atoms with Crippen LogP contribution >= 0.6 is 43.5 Å². The second-order valence-corrected chi connectivity index (χ2v) is 6.24. The summed E-state index contributed by atoms with van der Waals surface area (Å²) in [5.74, 6) is 5.17. The molecule has 0 aromatic heterocycles. The molecule has 0 amide bonds. The maximum absolute atomic E-state index is 14.0. The summed E-state index contributed by atoms with van der Waals surface area (Å²) >= 11 is 12.6. The van der Waals surface area contributed by atoms with E-state index in [1.165, 1.54) is 6.07 Å². The molecule has 0 saturated heterocycles. The van der Waals surface area contributed by atoms with Crippen LogP contribution in [0.1, 0.15) is 17.2 Å². The lowest BCUT2D eigenvalue weighted by atomic mass is 9.99. The minimum atomic E-state index is -0.453. The number of halogens is 4. The van der Waals surface area contributed by atoms with E-state index in [-0.39, 0.29) is 0 Å². The maximum Gasteiger partial charge on any atom is 0.129 e. The van der Waals surface area contributed by atoms with Crippen molar-refractivity contribution in [2.45, 2.75) is 6.04 Å². The van der Waals surface area contributed by atoms with Crippen molar-refractivity contribution in [1.82, 2.24) is 5.43 Å². The highest BCUT2D eigenvalue weighted by molar-refractivity contribution is 9.11. The van der Waals surface area contributed by atoms with Gasteiger partial charge < -0.3 is 0 Å². The number of benzene rings is 2. The molecule has 19 heavy (non-hydrogen) atoms. The zero-order chi connectivity index (χ0) is 14.0. The molecule has 0 heterocycles. The number of hydrogen-bond donors (Lipinski definition) is 2. The Morgan fingerprint density at radius 1 is 1.11 bits per heavy atom. The standard InChI is InChI=1S/C13H10Br2ClFN2/c14-8-3-7(4-9(15)5-8)13(19-18)11-2-1-10(16)6-12(11)17/h1-6,13,19H,18H2. The highest BCUT2D eigenvalue weighted by Gasteiger charge is 2.17. The Balaban J connectivity index is 2.49. The summed E-state index contributed by atoms with van der Waals surface area (Å²) in [5, 5.41) is 0.354. The zero-order valence-electron chi connectivity index (χ0n) is 9.63. The van der Waals surface area contributed by atoms with Crippen LogP contribution in [0.25, 0.3) is 0 Å². The van der Waals surface area contributed by atoms with Gasteiger partial charge in [-0.05, 0) is 35.9 Å². The molecule has 2 rings (SSSR count). The molecule has 2 nitrogen and oxygen atoms in total. The molecule has 100 valence electrons. The SMILES string of the molecule is NNC(c1cc(Br)cc(Br)c1)c1ccc(Cl)cc1F. The molecule has 0 fully saturated rings. The van der Waals surface area contributed by atoms with Gasteiger partial charge in [0.15, 0.2) is 0 Å². The van der Waals surface area contributed by atoms with Crippen molar-refractivity contribution in [1.29, 1.82) is 0 Å². The molecule has 0 spiro atoms. The lowest BCUT2D eigenvalue weighted by Gasteiger charge is -2.18. The normalized spacial score (nSPS) is 12.5. The summed E-state index contributed by atoms with van der Waals surface area (Å²) in [6.45, 7) is 0. The van der Waals surface area contributed by atoms with E-state index in [1.807, 2.05) is 18.2 Å². The van der Waals surface area contributed by atoms with Gasteiger partial charge in [0.05, 0.1) is 6.04 Å². The largest absolute Gasteiger partial charge is 0.271 e. The highest BCUT2D eigenvalue weighted by atomic mass is 79.9. The van der Waals surface area contributed by atoms with E-state index in [4.69, 9.17) is 17.4 Å². The Labute approximate surface area is 132 Å². The Kier molecular flexibility index (Phi) is 4.97. The third-order valence-electron chi connectivity index (χ3n) is 2.66. The summed E-state index contributed by atoms with van der Waals surface area (Å²) in [6.07, 6.45) is 0. The van der Waals surface area contributed by atoms with Crippen LogP contribution in [-0.2, 0) is 0 Å². The van der Waals surface area contributed by atoms with E-state index in [0.717, 1.165) is 14.5 Å². The first-order valence-electron chi connectivity index (χ1n) is 5.38. The first kappa shape index (κ1) is 14.9. The Morgan fingerprint density at radius 3 is 2.26 bits per heavy atom. The van der Waals surface area contributed by atoms with Gasteiger partial charge in [-0.1, -0.05) is 49.5 Å². The van der Waals surface area contributed by atoms with E-state index in [9.17, 15) is 4.39 Å². The van der Waals surface area contributed by atoms with Crippen LogP contribution in [-0.4, -0.2) is 0 Å². The van der Waals surface area contributed by atoms with Crippen LogP contribution in [0.4, 0.5) is 4.39 Å². The number of hydrogen-bond acceptors (Lipinski definition) is 2. The molecule has 0 aliphatic heterocycles. The smallest absolute Gasteiger partial charge is 0.129 e. The van der Waals surface area contributed by atoms with Crippen molar-refractivity contribution in [2.75, 3.05) is 0 Å².